The first-order chi connectivity index (χ1) is 9.20. The second-order valence-corrected chi connectivity index (χ2v) is 3.59. The summed E-state index contributed by atoms with van der Waals surface area (Å²) in [7, 11) is 1.83. The van der Waals surface area contributed by atoms with Crippen molar-refractivity contribution in [3.63, 3.8) is 0 Å². The molecule has 0 bridgehead atoms. The van der Waals surface area contributed by atoms with Gasteiger partial charge in [-0.2, -0.15) is 0 Å². The van der Waals surface area contributed by atoms with Crippen molar-refractivity contribution in [3.05, 3.63) is 34.6 Å². The van der Waals surface area contributed by atoms with Crippen LogP contribution >= 0.6 is 12.4 Å². The van der Waals surface area contributed by atoms with Gasteiger partial charge in [0.2, 0.25) is 0 Å². The maximum atomic E-state index is 10.5. The average molecular weight is 301 g/mol. The van der Waals surface area contributed by atoms with Crippen molar-refractivity contribution in [1.82, 2.24) is 15.3 Å². The summed E-state index contributed by atoms with van der Waals surface area (Å²) in [5, 5.41) is 13.4. The maximum absolute atomic E-state index is 10.5. The Balaban J connectivity index is 0.00000200. The average Bonchev–Trinajstić information content (AvgIpc) is 2.90. The van der Waals surface area contributed by atoms with Gasteiger partial charge in [0, 0.05) is 6.54 Å². The molecule has 0 spiro atoms. The molecule has 0 fully saturated rings. The van der Waals surface area contributed by atoms with Gasteiger partial charge >= 0.3 is 5.88 Å². The summed E-state index contributed by atoms with van der Waals surface area (Å²) in [6.45, 7) is 1.22. The van der Waals surface area contributed by atoms with Gasteiger partial charge in [0.15, 0.2) is 17.3 Å². The molecule has 2 rings (SSSR count). The summed E-state index contributed by atoms with van der Waals surface area (Å²) >= 11 is 0. The molecule has 2 aromatic rings. The van der Waals surface area contributed by atoms with Crippen LogP contribution in [0.25, 0.3) is 11.6 Å². The third-order valence-electron chi connectivity index (χ3n) is 2.24. The van der Waals surface area contributed by atoms with Crippen LogP contribution in [0.2, 0.25) is 0 Å². The summed E-state index contributed by atoms with van der Waals surface area (Å²) in [5.41, 5.74) is 0. The number of hydrogen-bond acceptors (Lipinski definition) is 7. The number of nitrogens with zero attached hydrogens (tertiary/aromatic N) is 3. The lowest BCUT2D eigenvalue weighted by Gasteiger charge is -2.04. The topological polar surface area (TPSA) is 103 Å². The van der Waals surface area contributed by atoms with E-state index in [4.69, 9.17) is 9.15 Å². The summed E-state index contributed by atoms with van der Waals surface area (Å²) in [5.74, 6) is 0.704. The van der Waals surface area contributed by atoms with Gasteiger partial charge in [-0.1, -0.05) is 0 Å². The molecule has 0 aliphatic heterocycles. The number of furan rings is 1. The molecule has 2 heterocycles. The predicted octanol–water partition coefficient (Wildman–Crippen LogP) is 1.66. The minimum atomic E-state index is -0.612. The van der Waals surface area contributed by atoms with E-state index in [1.54, 1.807) is 0 Å². The number of hydrogen-bond donors (Lipinski definition) is 1. The fraction of sp³-hybridized carbons (Fsp3) is 0.273. The molecule has 8 nitrogen and oxygen atoms in total. The van der Waals surface area contributed by atoms with Crippen LogP contribution in [0.5, 0.6) is 5.75 Å². The van der Waals surface area contributed by atoms with Crippen molar-refractivity contribution >= 4 is 18.3 Å². The summed E-state index contributed by atoms with van der Waals surface area (Å²) in [4.78, 5) is 17.9. The van der Waals surface area contributed by atoms with Crippen LogP contribution in [0.4, 0.5) is 5.88 Å². The molecule has 0 aliphatic rings. The third-order valence-corrected chi connectivity index (χ3v) is 2.24. The van der Waals surface area contributed by atoms with Gasteiger partial charge in [-0.3, -0.25) is 10.1 Å². The molecule has 0 atom stereocenters. The van der Waals surface area contributed by atoms with Crippen LogP contribution in [0.3, 0.4) is 0 Å². The minimum Gasteiger partial charge on any atom is -0.489 e. The monoisotopic (exact) mass is 300 g/mol. The van der Waals surface area contributed by atoms with E-state index in [9.17, 15) is 10.1 Å². The number of aromatic nitrogens is 2. The van der Waals surface area contributed by atoms with Crippen LogP contribution < -0.4 is 10.1 Å². The number of ether oxygens (including phenoxy) is 1. The largest absolute Gasteiger partial charge is 0.489 e. The molecule has 0 aromatic carbocycles. The number of nitro groups is 1. The van der Waals surface area contributed by atoms with Gasteiger partial charge in [0.05, 0.1) is 18.5 Å². The van der Waals surface area contributed by atoms with Crippen molar-refractivity contribution in [2.24, 2.45) is 0 Å². The highest BCUT2D eigenvalue weighted by Gasteiger charge is 2.14. The number of likely N-dealkylation sites (N-methyl/N-ethyl adjacent to an activating group) is 1. The molecule has 0 radical (unpaired) electrons. The lowest BCUT2D eigenvalue weighted by Crippen LogP contribution is -2.16. The van der Waals surface area contributed by atoms with Gasteiger partial charge in [-0.15, -0.1) is 12.4 Å². The van der Waals surface area contributed by atoms with Crippen molar-refractivity contribution in [3.8, 4) is 17.3 Å². The van der Waals surface area contributed by atoms with Crippen molar-refractivity contribution < 1.29 is 14.1 Å². The predicted molar refractivity (Wildman–Crippen MR) is 73.1 cm³/mol. The molecule has 0 saturated carbocycles. The summed E-state index contributed by atoms with van der Waals surface area (Å²) in [6, 6.07) is 2.71. The first-order valence-corrected chi connectivity index (χ1v) is 5.55. The van der Waals surface area contributed by atoms with E-state index in [-0.39, 0.29) is 29.9 Å². The van der Waals surface area contributed by atoms with Crippen LogP contribution in [0, 0.1) is 10.1 Å². The van der Waals surface area contributed by atoms with Gasteiger partial charge in [-0.25, -0.2) is 9.97 Å². The quantitative estimate of drug-likeness (QED) is 0.491. The second-order valence-electron chi connectivity index (χ2n) is 3.59. The lowest BCUT2D eigenvalue weighted by molar-refractivity contribution is -0.401. The van der Waals surface area contributed by atoms with Crippen LogP contribution in [-0.4, -0.2) is 35.1 Å². The fourth-order valence-electron chi connectivity index (χ4n) is 1.33. The second kappa shape index (κ2) is 7.41. The molecule has 0 unspecified atom stereocenters. The van der Waals surface area contributed by atoms with E-state index in [1.165, 1.54) is 24.5 Å². The molecule has 0 amide bonds. The van der Waals surface area contributed by atoms with Gasteiger partial charge in [0.1, 0.15) is 11.5 Å². The zero-order valence-electron chi connectivity index (χ0n) is 10.6. The molecule has 1 N–H and O–H groups in total. The highest BCUT2D eigenvalue weighted by molar-refractivity contribution is 5.85. The number of rotatable bonds is 6. The van der Waals surface area contributed by atoms with Crippen LogP contribution in [0.1, 0.15) is 0 Å². The number of nitrogens with one attached hydrogen (secondary N) is 1. The highest BCUT2D eigenvalue weighted by Crippen LogP contribution is 2.23. The fourth-order valence-corrected chi connectivity index (χ4v) is 1.33. The Morgan fingerprint density at radius 2 is 2.10 bits per heavy atom. The Morgan fingerprint density at radius 1 is 1.40 bits per heavy atom. The SMILES string of the molecule is CNCCOc1cnc(-c2ccc([N+](=O)[O-])o2)nc1.Cl. The van der Waals surface area contributed by atoms with Crippen LogP contribution in [0.15, 0.2) is 28.9 Å². The van der Waals surface area contributed by atoms with Crippen molar-refractivity contribution in [2.75, 3.05) is 20.2 Å². The first-order valence-electron chi connectivity index (χ1n) is 5.55. The Kier molecular flexibility index (Phi) is 5.88. The molecule has 0 aliphatic carbocycles. The van der Waals surface area contributed by atoms with Crippen molar-refractivity contribution in [2.45, 2.75) is 0 Å². The smallest absolute Gasteiger partial charge is 0.433 e. The maximum Gasteiger partial charge on any atom is 0.433 e. The van der Waals surface area contributed by atoms with E-state index in [0.717, 1.165) is 0 Å². The minimum absolute atomic E-state index is 0. The molecular weight excluding hydrogens is 288 g/mol. The standard InChI is InChI=1S/C11H12N4O4.ClH/c1-12-4-5-18-8-6-13-11(14-7-8)9-2-3-10(19-9)15(16)17;/h2-3,6-7,12H,4-5H2,1H3;1H. The first kappa shape index (κ1) is 15.9. The Bertz CT molecular complexity index is 558. The van der Waals surface area contributed by atoms with E-state index in [2.05, 4.69) is 15.3 Å². The Morgan fingerprint density at radius 3 is 2.65 bits per heavy atom. The summed E-state index contributed by atoms with van der Waals surface area (Å²) < 4.78 is 10.3. The Labute approximate surface area is 120 Å². The number of halogens is 1. The molecule has 20 heavy (non-hydrogen) atoms. The Hall–Kier alpha value is -2.19. The molecule has 108 valence electrons. The molecular formula is C11H13ClN4O4. The van der Waals surface area contributed by atoms with E-state index >= 15 is 0 Å². The normalized spacial score (nSPS) is 9.85. The summed E-state index contributed by atoms with van der Waals surface area (Å²) in [6.07, 6.45) is 2.98. The van der Waals surface area contributed by atoms with Crippen molar-refractivity contribution in [1.29, 1.82) is 0 Å². The van der Waals surface area contributed by atoms with E-state index in [0.29, 0.717) is 18.9 Å². The van der Waals surface area contributed by atoms with E-state index in [1.807, 2.05) is 7.05 Å². The van der Waals surface area contributed by atoms with Gasteiger partial charge < -0.3 is 14.5 Å². The van der Waals surface area contributed by atoms with E-state index < -0.39 is 4.92 Å². The zero-order valence-corrected chi connectivity index (χ0v) is 11.4. The molecule has 9 heteroatoms. The van der Waals surface area contributed by atoms with Gasteiger partial charge in [-0.05, 0) is 13.1 Å². The molecule has 0 saturated heterocycles. The van der Waals surface area contributed by atoms with Gasteiger partial charge in [0.25, 0.3) is 0 Å². The zero-order chi connectivity index (χ0) is 13.7. The third kappa shape index (κ3) is 3.90. The lowest BCUT2D eigenvalue weighted by atomic mass is 10.4. The molecule has 2 aromatic heterocycles. The highest BCUT2D eigenvalue weighted by atomic mass is 35.5. The van der Waals surface area contributed by atoms with Crippen LogP contribution in [-0.2, 0) is 0 Å².